The Bertz CT molecular complexity index is 1140. The van der Waals surface area contributed by atoms with Crippen LogP contribution in [0.15, 0.2) is 58.2 Å². The normalized spacial score (nSPS) is 12.0. The molecule has 0 fully saturated rings. The van der Waals surface area contributed by atoms with Gasteiger partial charge in [-0.1, -0.05) is 18.2 Å². The number of hydrogen-bond donors (Lipinski definition) is 2. The van der Waals surface area contributed by atoms with Crippen molar-refractivity contribution in [2.75, 3.05) is 13.2 Å². The van der Waals surface area contributed by atoms with Crippen LogP contribution in [0.3, 0.4) is 0 Å². The molecule has 3 aromatic rings. The predicted molar refractivity (Wildman–Crippen MR) is 105 cm³/mol. The number of nitrogens with one attached hydrogen (secondary N) is 1. The van der Waals surface area contributed by atoms with Gasteiger partial charge in [0.2, 0.25) is 10.0 Å². The molecule has 1 heterocycles. The summed E-state index contributed by atoms with van der Waals surface area (Å²) in [7, 11) is -3.96. The molecule has 0 aliphatic carbocycles. The summed E-state index contributed by atoms with van der Waals surface area (Å²) >= 11 is 0. The van der Waals surface area contributed by atoms with Gasteiger partial charge in [-0.25, -0.2) is 12.8 Å². The summed E-state index contributed by atoms with van der Waals surface area (Å²) in [6, 6.07) is 11.8. The number of aromatic amines is 1. The SMILES string of the molecule is Cc1cccc2cc(CN(CCCO)S(=O)(=O)c3ccc(F)cc3)c(=O)[nH]c12. The highest BCUT2D eigenvalue weighted by atomic mass is 32.2. The number of pyridine rings is 1. The minimum atomic E-state index is -3.96. The lowest BCUT2D eigenvalue weighted by atomic mass is 10.1. The highest BCUT2D eigenvalue weighted by Crippen LogP contribution is 2.20. The smallest absolute Gasteiger partial charge is 0.252 e. The van der Waals surface area contributed by atoms with E-state index < -0.39 is 15.8 Å². The molecule has 1 aromatic heterocycles. The fourth-order valence-corrected chi connectivity index (χ4v) is 4.48. The first-order valence-electron chi connectivity index (χ1n) is 8.81. The van der Waals surface area contributed by atoms with Gasteiger partial charge in [-0.3, -0.25) is 4.79 Å². The minimum absolute atomic E-state index is 0.0293. The summed E-state index contributed by atoms with van der Waals surface area (Å²) in [5, 5.41) is 9.94. The molecule has 0 saturated carbocycles. The molecular formula is C20H21FN2O4S. The van der Waals surface area contributed by atoms with E-state index in [1.165, 1.54) is 12.1 Å². The van der Waals surface area contributed by atoms with Crippen molar-refractivity contribution < 1.29 is 17.9 Å². The van der Waals surface area contributed by atoms with Crippen LogP contribution in [0.1, 0.15) is 17.5 Å². The molecule has 6 nitrogen and oxygen atoms in total. The van der Waals surface area contributed by atoms with Gasteiger partial charge >= 0.3 is 0 Å². The Morgan fingerprint density at radius 1 is 1.14 bits per heavy atom. The number of aliphatic hydroxyl groups is 1. The van der Waals surface area contributed by atoms with E-state index in [1.54, 1.807) is 6.07 Å². The van der Waals surface area contributed by atoms with Gasteiger partial charge in [-0.2, -0.15) is 4.31 Å². The number of aromatic nitrogens is 1. The van der Waals surface area contributed by atoms with Gasteiger partial charge in [-0.15, -0.1) is 0 Å². The Balaban J connectivity index is 2.01. The summed E-state index contributed by atoms with van der Waals surface area (Å²) in [4.78, 5) is 15.3. The van der Waals surface area contributed by atoms with E-state index in [4.69, 9.17) is 5.11 Å². The standard InChI is InChI=1S/C20H21FN2O4S/c1-14-4-2-5-15-12-16(20(25)22-19(14)15)13-23(10-3-11-24)28(26,27)18-8-6-17(21)7-9-18/h2,4-9,12,24H,3,10-11,13H2,1H3,(H,22,25). The fraction of sp³-hybridized carbons (Fsp3) is 0.250. The van der Waals surface area contributed by atoms with Gasteiger partial charge in [0.15, 0.2) is 0 Å². The number of H-pyrrole nitrogens is 1. The number of nitrogens with zero attached hydrogens (tertiary/aromatic N) is 1. The highest BCUT2D eigenvalue weighted by Gasteiger charge is 2.25. The van der Waals surface area contributed by atoms with E-state index >= 15 is 0 Å². The second kappa shape index (κ2) is 8.22. The van der Waals surface area contributed by atoms with Crippen LogP contribution in [0.2, 0.25) is 0 Å². The molecule has 0 spiro atoms. The lowest BCUT2D eigenvalue weighted by Crippen LogP contribution is -2.34. The Kier molecular flexibility index (Phi) is 5.93. The van der Waals surface area contributed by atoms with Gasteiger partial charge in [0, 0.05) is 25.3 Å². The maximum atomic E-state index is 13.2. The van der Waals surface area contributed by atoms with E-state index in [1.807, 2.05) is 25.1 Å². The van der Waals surface area contributed by atoms with E-state index in [0.29, 0.717) is 11.1 Å². The molecule has 28 heavy (non-hydrogen) atoms. The summed E-state index contributed by atoms with van der Waals surface area (Å²) in [6.45, 7) is 1.56. The molecule has 0 aliphatic heterocycles. The monoisotopic (exact) mass is 404 g/mol. The van der Waals surface area contributed by atoms with Crippen LogP contribution in [0, 0.1) is 12.7 Å². The maximum absolute atomic E-state index is 13.2. The van der Waals surface area contributed by atoms with Gasteiger partial charge in [0.25, 0.3) is 5.56 Å². The first-order chi connectivity index (χ1) is 13.3. The van der Waals surface area contributed by atoms with E-state index in [0.717, 1.165) is 27.4 Å². The van der Waals surface area contributed by atoms with Crippen LogP contribution in [0.25, 0.3) is 10.9 Å². The number of sulfonamides is 1. The van der Waals surface area contributed by atoms with Crippen molar-refractivity contribution in [3.63, 3.8) is 0 Å². The van der Waals surface area contributed by atoms with Crippen LogP contribution in [0.4, 0.5) is 4.39 Å². The third-order valence-corrected chi connectivity index (χ3v) is 6.39. The van der Waals surface area contributed by atoms with Gasteiger partial charge in [0.05, 0.1) is 10.4 Å². The molecule has 0 bridgehead atoms. The van der Waals surface area contributed by atoms with Crippen LogP contribution in [-0.2, 0) is 16.6 Å². The van der Waals surface area contributed by atoms with Crippen LogP contribution >= 0.6 is 0 Å². The lowest BCUT2D eigenvalue weighted by Gasteiger charge is -2.22. The number of benzene rings is 2. The van der Waals surface area contributed by atoms with Crippen molar-refractivity contribution >= 4 is 20.9 Å². The summed E-state index contributed by atoms with van der Waals surface area (Å²) < 4.78 is 40.3. The number of aryl methyl sites for hydroxylation is 1. The van der Waals surface area contributed by atoms with Crippen LogP contribution in [-0.4, -0.2) is 36.0 Å². The fourth-order valence-electron chi connectivity index (χ4n) is 3.02. The molecule has 0 saturated heterocycles. The topological polar surface area (TPSA) is 90.5 Å². The Hall–Kier alpha value is -2.55. The zero-order valence-corrected chi connectivity index (χ0v) is 16.2. The number of hydrogen-bond acceptors (Lipinski definition) is 4. The number of aliphatic hydroxyl groups excluding tert-OH is 1. The van der Waals surface area contributed by atoms with Gasteiger partial charge < -0.3 is 10.1 Å². The van der Waals surface area contributed by atoms with Crippen LogP contribution < -0.4 is 5.56 Å². The molecule has 0 amide bonds. The first-order valence-corrected chi connectivity index (χ1v) is 10.2. The number of para-hydroxylation sites is 1. The first kappa shape index (κ1) is 20.2. The number of halogens is 1. The molecule has 0 aliphatic rings. The Morgan fingerprint density at radius 3 is 2.54 bits per heavy atom. The van der Waals surface area contributed by atoms with Crippen molar-refractivity contribution in [3.8, 4) is 0 Å². The van der Waals surface area contributed by atoms with Crippen molar-refractivity contribution in [1.29, 1.82) is 0 Å². The Labute approximate surface area is 162 Å². The number of rotatable bonds is 7. The molecule has 0 unspecified atom stereocenters. The van der Waals surface area contributed by atoms with Gasteiger partial charge in [0.1, 0.15) is 5.82 Å². The van der Waals surface area contributed by atoms with Crippen molar-refractivity contribution in [3.05, 3.63) is 75.8 Å². The maximum Gasteiger partial charge on any atom is 0.252 e. The third-order valence-electron chi connectivity index (χ3n) is 4.53. The minimum Gasteiger partial charge on any atom is -0.396 e. The summed E-state index contributed by atoms with van der Waals surface area (Å²) in [6.07, 6.45) is 0.213. The van der Waals surface area contributed by atoms with Crippen molar-refractivity contribution in [2.45, 2.75) is 24.8 Å². The molecule has 0 atom stereocenters. The van der Waals surface area contributed by atoms with Crippen LogP contribution in [0.5, 0.6) is 0 Å². The predicted octanol–water partition coefficient (Wildman–Crippen LogP) is 2.55. The molecular weight excluding hydrogens is 383 g/mol. The second-order valence-corrected chi connectivity index (χ2v) is 8.47. The average Bonchev–Trinajstić information content (AvgIpc) is 2.66. The quantitative estimate of drug-likeness (QED) is 0.633. The third kappa shape index (κ3) is 4.14. The highest BCUT2D eigenvalue weighted by molar-refractivity contribution is 7.89. The van der Waals surface area contributed by atoms with Crippen molar-refractivity contribution in [2.24, 2.45) is 0 Å². The largest absolute Gasteiger partial charge is 0.396 e. The molecule has 3 rings (SSSR count). The van der Waals surface area contributed by atoms with E-state index in [-0.39, 0.29) is 36.6 Å². The summed E-state index contributed by atoms with van der Waals surface area (Å²) in [5.41, 5.74) is 1.55. The molecule has 0 radical (unpaired) electrons. The lowest BCUT2D eigenvalue weighted by molar-refractivity contribution is 0.267. The zero-order valence-electron chi connectivity index (χ0n) is 15.4. The van der Waals surface area contributed by atoms with Gasteiger partial charge in [-0.05, 0) is 54.6 Å². The molecule has 148 valence electrons. The molecule has 2 N–H and O–H groups in total. The van der Waals surface area contributed by atoms with Crippen molar-refractivity contribution in [1.82, 2.24) is 9.29 Å². The zero-order chi connectivity index (χ0) is 20.3. The average molecular weight is 404 g/mol. The second-order valence-electron chi connectivity index (χ2n) is 6.53. The Morgan fingerprint density at radius 2 is 1.86 bits per heavy atom. The number of fused-ring (bicyclic) bond motifs is 1. The summed E-state index contributed by atoms with van der Waals surface area (Å²) in [5.74, 6) is -0.540. The van der Waals surface area contributed by atoms with E-state index in [9.17, 15) is 17.6 Å². The molecule has 8 heteroatoms. The van der Waals surface area contributed by atoms with E-state index in [2.05, 4.69) is 4.98 Å². The molecule has 2 aromatic carbocycles.